The average molecular weight is 350 g/mol. The van der Waals surface area contributed by atoms with Crippen molar-refractivity contribution in [1.82, 2.24) is 0 Å². The van der Waals surface area contributed by atoms with Crippen molar-refractivity contribution in [3.05, 3.63) is 53.6 Å². The van der Waals surface area contributed by atoms with Crippen molar-refractivity contribution in [3.63, 3.8) is 0 Å². The Labute approximate surface area is 146 Å². The summed E-state index contributed by atoms with van der Waals surface area (Å²) < 4.78 is 16.0. The molecule has 0 radical (unpaired) electrons. The highest BCUT2D eigenvalue weighted by molar-refractivity contribution is 6.30. The first-order valence-corrected chi connectivity index (χ1v) is 7.91. The van der Waals surface area contributed by atoms with Crippen LogP contribution in [0.15, 0.2) is 48.5 Å². The molecule has 0 aromatic heterocycles. The molecule has 5 nitrogen and oxygen atoms in total. The summed E-state index contributed by atoms with van der Waals surface area (Å²) >= 11 is 5.82. The van der Waals surface area contributed by atoms with Gasteiger partial charge in [0.1, 0.15) is 18.1 Å². The summed E-state index contributed by atoms with van der Waals surface area (Å²) in [6.45, 7) is 2.63. The standard InChI is InChI=1S/C18H20ClNO4/c1-13(24-16-8-6-14(19)7-9-16)18(21)20-15-4-3-5-17(12-15)23-11-10-22-2/h3-9,12-13H,10-11H2,1-2H3,(H,20,21). The monoisotopic (exact) mass is 349 g/mol. The molecular formula is C18H20ClNO4. The summed E-state index contributed by atoms with van der Waals surface area (Å²) in [6, 6.07) is 14.0. The molecule has 128 valence electrons. The molecule has 2 aromatic carbocycles. The maximum Gasteiger partial charge on any atom is 0.265 e. The first-order valence-electron chi connectivity index (χ1n) is 7.53. The number of carbonyl (C=O) groups is 1. The van der Waals surface area contributed by atoms with Crippen molar-refractivity contribution in [3.8, 4) is 11.5 Å². The molecule has 6 heteroatoms. The maximum absolute atomic E-state index is 12.2. The van der Waals surface area contributed by atoms with E-state index >= 15 is 0 Å². The number of ether oxygens (including phenoxy) is 3. The summed E-state index contributed by atoms with van der Waals surface area (Å²) in [4.78, 5) is 12.2. The van der Waals surface area contributed by atoms with E-state index in [1.807, 2.05) is 12.1 Å². The van der Waals surface area contributed by atoms with Crippen molar-refractivity contribution < 1.29 is 19.0 Å². The van der Waals surface area contributed by atoms with Gasteiger partial charge in [-0.05, 0) is 43.3 Å². The third-order valence-corrected chi connectivity index (χ3v) is 3.41. The van der Waals surface area contributed by atoms with E-state index in [-0.39, 0.29) is 5.91 Å². The van der Waals surface area contributed by atoms with E-state index in [2.05, 4.69) is 5.32 Å². The lowest BCUT2D eigenvalue weighted by Gasteiger charge is -2.15. The van der Waals surface area contributed by atoms with Gasteiger partial charge >= 0.3 is 0 Å². The zero-order chi connectivity index (χ0) is 17.4. The smallest absolute Gasteiger partial charge is 0.265 e. The topological polar surface area (TPSA) is 56.8 Å². The van der Waals surface area contributed by atoms with E-state index < -0.39 is 6.10 Å². The Morgan fingerprint density at radius 3 is 2.58 bits per heavy atom. The van der Waals surface area contributed by atoms with E-state index in [9.17, 15) is 4.79 Å². The molecule has 0 heterocycles. The van der Waals surface area contributed by atoms with Crippen LogP contribution in [0.25, 0.3) is 0 Å². The molecule has 2 rings (SSSR count). The Kier molecular flexibility index (Phi) is 6.90. The molecule has 0 saturated heterocycles. The summed E-state index contributed by atoms with van der Waals surface area (Å²) in [5, 5.41) is 3.42. The molecule has 0 aliphatic heterocycles. The largest absolute Gasteiger partial charge is 0.491 e. The van der Waals surface area contributed by atoms with Crippen LogP contribution in [-0.2, 0) is 9.53 Å². The number of hydrogen-bond acceptors (Lipinski definition) is 4. The Bertz CT molecular complexity index is 660. The first-order chi connectivity index (χ1) is 11.6. The molecule has 0 saturated carbocycles. The fourth-order valence-electron chi connectivity index (χ4n) is 1.92. The van der Waals surface area contributed by atoms with Gasteiger partial charge in [-0.1, -0.05) is 17.7 Å². The van der Waals surface area contributed by atoms with Crippen LogP contribution >= 0.6 is 11.6 Å². The molecule has 1 atom stereocenters. The predicted molar refractivity (Wildman–Crippen MR) is 94.0 cm³/mol. The minimum absolute atomic E-state index is 0.251. The highest BCUT2D eigenvalue weighted by Crippen LogP contribution is 2.19. The third kappa shape index (κ3) is 5.76. The Balaban J connectivity index is 1.90. The number of amides is 1. The van der Waals surface area contributed by atoms with Crippen molar-refractivity contribution in [1.29, 1.82) is 0 Å². The lowest BCUT2D eigenvalue weighted by Crippen LogP contribution is -2.30. The van der Waals surface area contributed by atoms with Crippen molar-refractivity contribution in [2.75, 3.05) is 25.6 Å². The first kappa shape index (κ1) is 18.1. The number of halogens is 1. The zero-order valence-electron chi connectivity index (χ0n) is 13.6. The van der Waals surface area contributed by atoms with Gasteiger partial charge in [0.05, 0.1) is 6.61 Å². The average Bonchev–Trinajstić information content (AvgIpc) is 2.57. The molecule has 24 heavy (non-hydrogen) atoms. The van der Waals surface area contributed by atoms with Crippen LogP contribution < -0.4 is 14.8 Å². The molecule has 0 bridgehead atoms. The third-order valence-electron chi connectivity index (χ3n) is 3.15. The Morgan fingerprint density at radius 1 is 1.12 bits per heavy atom. The van der Waals surface area contributed by atoms with Crippen LogP contribution in [0.3, 0.4) is 0 Å². The Morgan fingerprint density at radius 2 is 1.88 bits per heavy atom. The van der Waals surface area contributed by atoms with Gasteiger partial charge in [0.25, 0.3) is 5.91 Å². The molecule has 1 amide bonds. The minimum Gasteiger partial charge on any atom is -0.491 e. The molecular weight excluding hydrogens is 330 g/mol. The van der Waals surface area contributed by atoms with Gasteiger partial charge in [0, 0.05) is 23.9 Å². The number of rotatable bonds is 8. The molecule has 0 spiro atoms. The van der Waals surface area contributed by atoms with Gasteiger partial charge in [-0.15, -0.1) is 0 Å². The number of anilines is 1. The van der Waals surface area contributed by atoms with Crippen molar-refractivity contribution in [2.45, 2.75) is 13.0 Å². The SMILES string of the molecule is COCCOc1cccc(NC(=O)C(C)Oc2ccc(Cl)cc2)c1. The number of hydrogen-bond donors (Lipinski definition) is 1. The van der Waals surface area contributed by atoms with E-state index in [4.69, 9.17) is 25.8 Å². The molecule has 0 aliphatic rings. The van der Waals surface area contributed by atoms with E-state index in [0.29, 0.717) is 35.4 Å². The molecule has 2 aromatic rings. The quantitative estimate of drug-likeness (QED) is 0.737. The highest BCUT2D eigenvalue weighted by atomic mass is 35.5. The summed E-state index contributed by atoms with van der Waals surface area (Å²) in [5.41, 5.74) is 0.640. The second kappa shape index (κ2) is 9.15. The zero-order valence-corrected chi connectivity index (χ0v) is 14.4. The van der Waals surface area contributed by atoms with Gasteiger partial charge in [0.15, 0.2) is 6.10 Å². The van der Waals surface area contributed by atoms with E-state index in [0.717, 1.165) is 0 Å². The maximum atomic E-state index is 12.2. The van der Waals surface area contributed by atoms with Gasteiger partial charge in [-0.2, -0.15) is 0 Å². The van der Waals surface area contributed by atoms with Crippen LogP contribution in [0.2, 0.25) is 5.02 Å². The minimum atomic E-state index is -0.649. The summed E-state index contributed by atoms with van der Waals surface area (Å²) in [6.07, 6.45) is -0.649. The lowest BCUT2D eigenvalue weighted by atomic mass is 10.2. The molecule has 0 fully saturated rings. The Hall–Kier alpha value is -2.24. The van der Waals surface area contributed by atoms with E-state index in [1.165, 1.54) is 0 Å². The second-order valence-corrected chi connectivity index (χ2v) is 5.51. The molecule has 1 N–H and O–H groups in total. The van der Waals surface area contributed by atoms with Crippen LogP contribution in [0, 0.1) is 0 Å². The van der Waals surface area contributed by atoms with Crippen LogP contribution in [0.1, 0.15) is 6.92 Å². The van der Waals surface area contributed by atoms with E-state index in [1.54, 1.807) is 50.4 Å². The van der Waals surface area contributed by atoms with Crippen LogP contribution in [0.4, 0.5) is 5.69 Å². The predicted octanol–water partition coefficient (Wildman–Crippen LogP) is 3.77. The van der Waals surface area contributed by atoms with Crippen LogP contribution in [0.5, 0.6) is 11.5 Å². The van der Waals surface area contributed by atoms with Gasteiger partial charge in [-0.3, -0.25) is 4.79 Å². The van der Waals surface area contributed by atoms with Gasteiger partial charge in [0.2, 0.25) is 0 Å². The normalized spacial score (nSPS) is 11.6. The number of nitrogens with one attached hydrogen (secondary N) is 1. The molecule has 1 unspecified atom stereocenters. The number of benzene rings is 2. The van der Waals surface area contributed by atoms with Crippen molar-refractivity contribution >= 4 is 23.2 Å². The van der Waals surface area contributed by atoms with Gasteiger partial charge < -0.3 is 19.5 Å². The lowest BCUT2D eigenvalue weighted by molar-refractivity contribution is -0.122. The van der Waals surface area contributed by atoms with Crippen LogP contribution in [-0.4, -0.2) is 32.3 Å². The highest BCUT2D eigenvalue weighted by Gasteiger charge is 2.15. The summed E-state index contributed by atoms with van der Waals surface area (Å²) in [7, 11) is 1.61. The molecule has 0 aliphatic carbocycles. The fourth-order valence-corrected chi connectivity index (χ4v) is 2.05. The number of methoxy groups -OCH3 is 1. The van der Waals surface area contributed by atoms with Crippen molar-refractivity contribution in [2.24, 2.45) is 0 Å². The second-order valence-electron chi connectivity index (χ2n) is 5.07. The van der Waals surface area contributed by atoms with Gasteiger partial charge in [-0.25, -0.2) is 0 Å². The number of carbonyl (C=O) groups excluding carboxylic acids is 1. The fraction of sp³-hybridized carbons (Fsp3) is 0.278. The summed E-state index contributed by atoms with van der Waals surface area (Å²) in [5.74, 6) is 0.994.